The van der Waals surface area contributed by atoms with Gasteiger partial charge in [-0.15, -0.1) is 0 Å². The van der Waals surface area contributed by atoms with E-state index in [2.05, 4.69) is 17.9 Å². The van der Waals surface area contributed by atoms with Gasteiger partial charge in [0.15, 0.2) is 0 Å². The first kappa shape index (κ1) is 11.9. The molecule has 2 heteroatoms. The summed E-state index contributed by atoms with van der Waals surface area (Å²) in [5, 5.41) is 9.66. The molecule has 0 aromatic heterocycles. The Hall–Kier alpha value is -0.550. The summed E-state index contributed by atoms with van der Waals surface area (Å²) in [7, 11) is 0. The smallest absolute Gasteiger partial charge is 0.111 e. The van der Waals surface area contributed by atoms with Crippen LogP contribution in [-0.4, -0.2) is 23.5 Å². The first-order valence-electron chi connectivity index (χ1n) is 6.96. The minimum Gasteiger partial charge on any atom is -0.285 e. The van der Waals surface area contributed by atoms with Gasteiger partial charge >= 0.3 is 0 Å². The summed E-state index contributed by atoms with van der Waals surface area (Å²) >= 11 is 0. The highest BCUT2D eigenvalue weighted by atomic mass is 15.2. The summed E-state index contributed by atoms with van der Waals surface area (Å²) < 4.78 is 0. The van der Waals surface area contributed by atoms with Crippen LogP contribution in [-0.2, 0) is 0 Å². The van der Waals surface area contributed by atoms with Gasteiger partial charge < -0.3 is 0 Å². The molecule has 1 aliphatic carbocycles. The van der Waals surface area contributed by atoms with E-state index in [1.165, 1.54) is 44.9 Å². The Balaban J connectivity index is 2.15. The van der Waals surface area contributed by atoms with E-state index in [-0.39, 0.29) is 5.54 Å². The Kier molecular flexibility index (Phi) is 3.86. The zero-order chi connectivity index (χ0) is 11.4. The molecule has 2 aliphatic rings. The Morgan fingerprint density at radius 3 is 2.31 bits per heavy atom. The lowest BCUT2D eigenvalue weighted by atomic mass is 9.73. The number of rotatable bonds is 1. The summed E-state index contributed by atoms with van der Waals surface area (Å²) in [5.74, 6) is 0.560. The SMILES string of the molecule is CC1CCCCC1(C#N)N1CCCCCC1. The maximum Gasteiger partial charge on any atom is 0.111 e. The first-order chi connectivity index (χ1) is 7.79. The lowest BCUT2D eigenvalue weighted by Crippen LogP contribution is -2.54. The third kappa shape index (κ3) is 2.11. The molecular weight excluding hydrogens is 196 g/mol. The molecule has 0 aromatic rings. The molecule has 1 saturated heterocycles. The molecule has 2 nitrogen and oxygen atoms in total. The number of likely N-dealkylation sites (tertiary alicyclic amines) is 1. The molecule has 0 N–H and O–H groups in total. The van der Waals surface area contributed by atoms with Gasteiger partial charge in [0, 0.05) is 0 Å². The standard InChI is InChI=1S/C14H24N2/c1-13-8-4-5-9-14(13,12-15)16-10-6-2-3-7-11-16/h13H,2-11H2,1H3. The molecule has 2 atom stereocenters. The molecule has 0 radical (unpaired) electrons. The summed E-state index contributed by atoms with van der Waals surface area (Å²) in [5.41, 5.74) is -0.122. The number of nitrogens with zero attached hydrogens (tertiary/aromatic N) is 2. The number of hydrogen-bond donors (Lipinski definition) is 0. The molecule has 0 spiro atoms. The highest BCUT2D eigenvalue weighted by Crippen LogP contribution is 2.38. The fraction of sp³-hybridized carbons (Fsp3) is 0.929. The Labute approximate surface area is 99.6 Å². The van der Waals surface area contributed by atoms with E-state index < -0.39 is 0 Å². The Morgan fingerprint density at radius 1 is 1.06 bits per heavy atom. The molecule has 0 bridgehead atoms. The van der Waals surface area contributed by atoms with Crippen molar-refractivity contribution in [2.24, 2.45) is 5.92 Å². The van der Waals surface area contributed by atoms with Crippen molar-refractivity contribution in [2.75, 3.05) is 13.1 Å². The largest absolute Gasteiger partial charge is 0.285 e. The zero-order valence-electron chi connectivity index (χ0n) is 10.5. The lowest BCUT2D eigenvalue weighted by molar-refractivity contribution is 0.0557. The number of hydrogen-bond acceptors (Lipinski definition) is 2. The van der Waals surface area contributed by atoms with E-state index >= 15 is 0 Å². The van der Waals surface area contributed by atoms with Crippen LogP contribution in [0.5, 0.6) is 0 Å². The molecule has 2 fully saturated rings. The summed E-state index contributed by atoms with van der Waals surface area (Å²) in [6, 6.07) is 2.69. The Morgan fingerprint density at radius 2 is 1.75 bits per heavy atom. The van der Waals surface area contributed by atoms with Crippen LogP contribution in [0.1, 0.15) is 58.3 Å². The molecule has 90 valence electrons. The zero-order valence-corrected chi connectivity index (χ0v) is 10.5. The van der Waals surface area contributed by atoms with E-state index in [0.29, 0.717) is 5.92 Å². The van der Waals surface area contributed by atoms with Crippen LogP contribution < -0.4 is 0 Å². The van der Waals surface area contributed by atoms with Gasteiger partial charge in [-0.1, -0.05) is 32.6 Å². The van der Waals surface area contributed by atoms with Gasteiger partial charge in [0.1, 0.15) is 5.54 Å². The van der Waals surface area contributed by atoms with Crippen LogP contribution in [0.4, 0.5) is 0 Å². The van der Waals surface area contributed by atoms with Crippen LogP contribution in [0, 0.1) is 17.2 Å². The Bertz CT molecular complexity index is 260. The first-order valence-corrected chi connectivity index (χ1v) is 6.96. The molecule has 1 aliphatic heterocycles. The van der Waals surface area contributed by atoms with Gasteiger partial charge in [-0.25, -0.2) is 0 Å². The molecule has 16 heavy (non-hydrogen) atoms. The normalized spacial score (nSPS) is 37.6. The van der Waals surface area contributed by atoms with Gasteiger partial charge in [0.2, 0.25) is 0 Å². The fourth-order valence-corrected chi connectivity index (χ4v) is 3.51. The minimum absolute atomic E-state index is 0.122. The molecular formula is C14H24N2. The van der Waals surface area contributed by atoms with Crippen molar-refractivity contribution in [1.29, 1.82) is 5.26 Å². The van der Waals surface area contributed by atoms with Gasteiger partial charge in [-0.05, 0) is 44.7 Å². The lowest BCUT2D eigenvalue weighted by Gasteiger charge is -2.45. The highest BCUT2D eigenvalue weighted by Gasteiger charge is 2.43. The predicted molar refractivity (Wildman–Crippen MR) is 66.0 cm³/mol. The molecule has 2 rings (SSSR count). The van der Waals surface area contributed by atoms with E-state index in [0.717, 1.165) is 19.5 Å². The average Bonchev–Trinajstić information content (AvgIpc) is 2.59. The highest BCUT2D eigenvalue weighted by molar-refractivity contribution is 5.12. The second-order valence-electron chi connectivity index (χ2n) is 5.58. The third-order valence-corrected chi connectivity index (χ3v) is 4.62. The van der Waals surface area contributed by atoms with Gasteiger partial charge in [-0.2, -0.15) is 5.26 Å². The van der Waals surface area contributed by atoms with Crippen LogP contribution in [0.3, 0.4) is 0 Å². The van der Waals surface area contributed by atoms with Gasteiger partial charge in [0.25, 0.3) is 0 Å². The van der Waals surface area contributed by atoms with Crippen molar-refractivity contribution in [3.05, 3.63) is 0 Å². The third-order valence-electron chi connectivity index (χ3n) is 4.62. The van der Waals surface area contributed by atoms with E-state index in [1.54, 1.807) is 0 Å². The predicted octanol–water partition coefficient (Wildman–Crippen LogP) is 3.33. The van der Waals surface area contributed by atoms with Crippen molar-refractivity contribution in [2.45, 2.75) is 63.8 Å². The maximum absolute atomic E-state index is 9.66. The maximum atomic E-state index is 9.66. The van der Waals surface area contributed by atoms with E-state index in [9.17, 15) is 5.26 Å². The summed E-state index contributed by atoms with van der Waals surface area (Å²) in [6.07, 6.45) is 10.2. The van der Waals surface area contributed by atoms with Crippen LogP contribution in [0.15, 0.2) is 0 Å². The van der Waals surface area contributed by atoms with Crippen molar-refractivity contribution >= 4 is 0 Å². The topological polar surface area (TPSA) is 27.0 Å². The van der Waals surface area contributed by atoms with Crippen molar-refractivity contribution in [3.63, 3.8) is 0 Å². The second kappa shape index (κ2) is 5.19. The van der Waals surface area contributed by atoms with E-state index in [4.69, 9.17) is 0 Å². The average molecular weight is 220 g/mol. The van der Waals surface area contributed by atoms with Crippen molar-refractivity contribution < 1.29 is 0 Å². The molecule has 0 amide bonds. The second-order valence-corrected chi connectivity index (χ2v) is 5.58. The molecule has 1 heterocycles. The van der Waals surface area contributed by atoms with Crippen molar-refractivity contribution in [1.82, 2.24) is 4.90 Å². The molecule has 1 saturated carbocycles. The van der Waals surface area contributed by atoms with Crippen LogP contribution in [0.25, 0.3) is 0 Å². The van der Waals surface area contributed by atoms with Gasteiger partial charge in [-0.3, -0.25) is 4.90 Å². The molecule has 2 unspecified atom stereocenters. The van der Waals surface area contributed by atoms with Crippen LogP contribution in [0.2, 0.25) is 0 Å². The van der Waals surface area contributed by atoms with Gasteiger partial charge in [0.05, 0.1) is 6.07 Å². The van der Waals surface area contributed by atoms with Crippen molar-refractivity contribution in [3.8, 4) is 6.07 Å². The fourth-order valence-electron chi connectivity index (χ4n) is 3.51. The summed E-state index contributed by atoms with van der Waals surface area (Å²) in [6.45, 7) is 4.59. The monoisotopic (exact) mass is 220 g/mol. The van der Waals surface area contributed by atoms with Crippen LogP contribution >= 0.6 is 0 Å². The minimum atomic E-state index is -0.122. The molecule has 0 aromatic carbocycles. The summed E-state index contributed by atoms with van der Waals surface area (Å²) in [4.78, 5) is 2.52. The number of nitriles is 1. The quantitative estimate of drug-likeness (QED) is 0.677. The van der Waals surface area contributed by atoms with E-state index in [1.807, 2.05) is 0 Å².